The zero-order valence-electron chi connectivity index (χ0n) is 18.1. The number of benzene rings is 2. The zero-order chi connectivity index (χ0) is 19.2. The van der Waals surface area contributed by atoms with Crippen LogP contribution in [0.2, 0.25) is 13.1 Å². The number of hydrogen-bond acceptors (Lipinski definition) is 1. The molecule has 0 aromatic heterocycles. The molecule has 4 rings (SSSR count). The van der Waals surface area contributed by atoms with E-state index in [0.717, 1.165) is 32.1 Å². The molecule has 1 N–H and O–H groups in total. The molecule has 0 aliphatic heterocycles. The van der Waals surface area contributed by atoms with E-state index in [9.17, 15) is 0 Å². The predicted octanol–water partition coefficient (Wildman–Crippen LogP) is -0.312. The first-order valence-corrected chi connectivity index (χ1v) is 13.0. The van der Waals surface area contributed by atoms with Gasteiger partial charge in [0.15, 0.2) is 0 Å². The molecule has 0 heterocycles. The Morgan fingerprint density at radius 2 is 1.73 bits per heavy atom. The maximum atomic E-state index is 8.82. The molecule has 0 spiro atoms. The number of halogens is 2. The summed E-state index contributed by atoms with van der Waals surface area (Å²) in [5.41, 5.74) is 8.62. The van der Waals surface area contributed by atoms with Crippen molar-refractivity contribution in [3.05, 3.63) is 82.1 Å². The average Bonchev–Trinajstić information content (AvgIpc) is 3.27. The molecule has 0 atom stereocenters. The van der Waals surface area contributed by atoms with Crippen LogP contribution < -0.4 is 24.8 Å². The molecule has 1 nitrogen and oxygen atoms in total. The quantitative estimate of drug-likeness (QED) is 0.351. The second-order valence-corrected chi connectivity index (χ2v) is 10.5. The van der Waals surface area contributed by atoms with Crippen LogP contribution in [-0.4, -0.2) is 20.5 Å². The normalized spacial score (nSPS) is 13.2. The van der Waals surface area contributed by atoms with Gasteiger partial charge in [-0.2, -0.15) is 41.0 Å². The maximum Gasteiger partial charge on any atom is 4.00 e. The second-order valence-electron chi connectivity index (χ2n) is 7.58. The minimum Gasteiger partial charge on any atom is -1.00 e. The third kappa shape index (κ3) is 7.04. The molecule has 0 fully saturated rings. The Balaban J connectivity index is 0.000000510. The van der Waals surface area contributed by atoms with Gasteiger partial charge in [0.25, 0.3) is 0 Å². The van der Waals surface area contributed by atoms with E-state index in [-0.39, 0.29) is 51.0 Å². The number of rotatable bonds is 5. The Bertz CT molecular complexity index is 818. The summed E-state index contributed by atoms with van der Waals surface area (Å²) in [5.74, 6) is 0. The van der Waals surface area contributed by atoms with Crippen molar-refractivity contribution in [2.45, 2.75) is 52.1 Å². The fraction of sp³-hybridized carbons (Fsp3) is 0.360. The Morgan fingerprint density at radius 1 is 1.03 bits per heavy atom. The van der Waals surface area contributed by atoms with E-state index in [1.54, 1.807) is 10.8 Å². The third-order valence-electron chi connectivity index (χ3n) is 5.43. The Kier molecular flexibility index (Phi) is 14.4. The van der Waals surface area contributed by atoms with Gasteiger partial charge in [0.1, 0.15) is 0 Å². The molecular weight excluding hydrogens is 506 g/mol. The van der Waals surface area contributed by atoms with Crippen molar-refractivity contribution in [1.82, 2.24) is 0 Å². The SMILES string of the molecule is CCC1=C(CCCO)C[C-]=C1[SiH](C)C.[Cl-].[Cl-].[Zr+4].[c-]1cccc2c1Cc1ccccc1-2. The standard InChI is InChI=1S/C13H9.C12H21OSi.2ClH.Zr/c1-3-7-12-10(5-1)9-11-6-2-4-8-13(11)12;1-4-11-10(6-5-9-13)7-8-12(11)14(2)3;;;/h1-5,7-8H,9H2;13-14H,4-7,9H2,1-3H3;2*1H;/q2*-1;;;+4/p-2. The van der Waals surface area contributed by atoms with Crippen molar-refractivity contribution in [2.24, 2.45) is 0 Å². The Morgan fingerprint density at radius 3 is 2.40 bits per heavy atom. The molecular formula is C25H30Cl2OSiZr. The summed E-state index contributed by atoms with van der Waals surface area (Å²) in [5, 5.41) is 10.4. The van der Waals surface area contributed by atoms with Gasteiger partial charge < -0.3 is 29.9 Å². The van der Waals surface area contributed by atoms with Crippen molar-refractivity contribution >= 4 is 8.80 Å². The molecule has 0 radical (unpaired) electrons. The molecule has 0 unspecified atom stereocenters. The van der Waals surface area contributed by atoms with Gasteiger partial charge in [-0.25, -0.2) is 5.20 Å². The monoisotopic (exact) mass is 534 g/mol. The number of allylic oxidation sites excluding steroid dienone is 4. The molecule has 2 aromatic rings. The van der Waals surface area contributed by atoms with E-state index in [1.165, 1.54) is 27.8 Å². The first kappa shape index (κ1) is 29.6. The van der Waals surface area contributed by atoms with E-state index in [2.05, 4.69) is 68.6 Å². The van der Waals surface area contributed by atoms with Crippen LogP contribution >= 0.6 is 0 Å². The smallest absolute Gasteiger partial charge is 1.00 e. The summed E-state index contributed by atoms with van der Waals surface area (Å²) in [6.45, 7) is 7.28. The topological polar surface area (TPSA) is 20.2 Å². The Labute approximate surface area is 215 Å². The van der Waals surface area contributed by atoms with Crippen LogP contribution in [0.5, 0.6) is 0 Å². The fourth-order valence-corrected chi connectivity index (χ4v) is 5.74. The number of fused-ring (bicyclic) bond motifs is 3. The van der Waals surface area contributed by atoms with E-state index < -0.39 is 8.80 Å². The van der Waals surface area contributed by atoms with Gasteiger partial charge in [-0.1, -0.05) is 61.8 Å². The van der Waals surface area contributed by atoms with Gasteiger partial charge >= 0.3 is 26.2 Å². The fourth-order valence-electron chi connectivity index (χ4n) is 4.13. The third-order valence-corrected chi connectivity index (χ3v) is 7.14. The largest absolute Gasteiger partial charge is 4.00 e. The number of aliphatic hydroxyl groups excluding tert-OH is 1. The summed E-state index contributed by atoms with van der Waals surface area (Å²) in [4.78, 5) is 0. The van der Waals surface area contributed by atoms with Gasteiger partial charge in [0.05, 0.1) is 0 Å². The van der Waals surface area contributed by atoms with Gasteiger partial charge in [-0.05, 0) is 19.3 Å². The number of hydrogen-bond donors (Lipinski definition) is 1. The van der Waals surface area contributed by atoms with Gasteiger partial charge in [0, 0.05) is 15.4 Å². The average molecular weight is 537 g/mol. The summed E-state index contributed by atoms with van der Waals surface area (Å²) < 4.78 is 0. The molecule has 30 heavy (non-hydrogen) atoms. The Hall–Kier alpha value is -0.440. The van der Waals surface area contributed by atoms with Crippen LogP contribution in [-0.2, 0) is 32.6 Å². The summed E-state index contributed by atoms with van der Waals surface area (Å²) in [6, 6.07) is 18.1. The minimum atomic E-state index is -0.686. The molecule has 0 bridgehead atoms. The van der Waals surface area contributed by atoms with Crippen molar-refractivity contribution in [3.63, 3.8) is 0 Å². The van der Waals surface area contributed by atoms with Crippen molar-refractivity contribution in [3.8, 4) is 11.1 Å². The first-order chi connectivity index (χ1) is 13.2. The van der Waals surface area contributed by atoms with Crippen LogP contribution in [0.3, 0.4) is 0 Å². The van der Waals surface area contributed by atoms with Gasteiger partial charge in [-0.3, -0.25) is 6.08 Å². The first-order valence-electron chi connectivity index (χ1n) is 10.2. The van der Waals surface area contributed by atoms with E-state index >= 15 is 0 Å². The summed E-state index contributed by atoms with van der Waals surface area (Å²) in [7, 11) is -0.686. The van der Waals surface area contributed by atoms with Crippen LogP contribution in [0.4, 0.5) is 0 Å². The molecule has 5 heteroatoms. The van der Waals surface area contributed by atoms with Crippen molar-refractivity contribution in [1.29, 1.82) is 0 Å². The molecule has 0 amide bonds. The van der Waals surface area contributed by atoms with E-state index in [0.29, 0.717) is 6.61 Å². The maximum absolute atomic E-state index is 8.82. The zero-order valence-corrected chi connectivity index (χ0v) is 23.2. The van der Waals surface area contributed by atoms with Crippen LogP contribution in [0.25, 0.3) is 11.1 Å². The van der Waals surface area contributed by atoms with Gasteiger partial charge in [0.2, 0.25) is 0 Å². The summed E-state index contributed by atoms with van der Waals surface area (Å²) in [6.07, 6.45) is 8.74. The molecule has 2 aromatic carbocycles. The van der Waals surface area contributed by atoms with Crippen LogP contribution in [0.15, 0.2) is 58.8 Å². The van der Waals surface area contributed by atoms with Crippen LogP contribution in [0, 0.1) is 12.1 Å². The van der Waals surface area contributed by atoms with Crippen LogP contribution in [0.1, 0.15) is 43.7 Å². The molecule has 158 valence electrons. The van der Waals surface area contributed by atoms with Gasteiger partial charge in [-0.15, -0.1) is 12.0 Å². The van der Waals surface area contributed by atoms with Crippen molar-refractivity contribution in [2.75, 3.05) is 6.61 Å². The second kappa shape index (κ2) is 14.6. The minimum absolute atomic E-state index is 0. The number of aliphatic hydroxyl groups is 1. The molecule has 0 saturated heterocycles. The molecule has 0 saturated carbocycles. The van der Waals surface area contributed by atoms with E-state index in [4.69, 9.17) is 5.11 Å². The van der Waals surface area contributed by atoms with Crippen molar-refractivity contribution < 1.29 is 56.1 Å². The summed E-state index contributed by atoms with van der Waals surface area (Å²) >= 11 is 0. The molecule has 2 aliphatic carbocycles. The predicted molar refractivity (Wildman–Crippen MR) is 117 cm³/mol. The molecule has 2 aliphatic rings. The van der Waals surface area contributed by atoms with E-state index in [1.807, 2.05) is 6.07 Å².